The second kappa shape index (κ2) is 6.80. The van der Waals surface area contributed by atoms with Crippen LogP contribution in [-0.4, -0.2) is 30.4 Å². The summed E-state index contributed by atoms with van der Waals surface area (Å²) in [6.07, 6.45) is 3.70. The molecule has 1 aliphatic carbocycles. The van der Waals surface area contributed by atoms with Crippen molar-refractivity contribution < 1.29 is 14.6 Å². The number of anilines is 1. The number of urea groups is 1. The largest absolute Gasteiger partial charge is 0.497 e. The van der Waals surface area contributed by atoms with Gasteiger partial charge in [0, 0.05) is 5.69 Å². The highest BCUT2D eigenvalue weighted by atomic mass is 16.5. The fourth-order valence-corrected chi connectivity index (χ4v) is 2.71. The number of aliphatic hydroxyl groups is 1. The predicted octanol–water partition coefficient (Wildman–Crippen LogP) is 2.76. The summed E-state index contributed by atoms with van der Waals surface area (Å²) in [4.78, 5) is 12.1. The van der Waals surface area contributed by atoms with Gasteiger partial charge in [0.25, 0.3) is 0 Å². The number of carbonyl (C=O) groups excluding carboxylic acids is 1. The average molecular weight is 292 g/mol. The van der Waals surface area contributed by atoms with Crippen LogP contribution in [0.3, 0.4) is 0 Å². The number of amides is 2. The van der Waals surface area contributed by atoms with E-state index in [4.69, 9.17) is 4.74 Å². The predicted molar refractivity (Wildman–Crippen MR) is 82.6 cm³/mol. The number of hydrogen-bond donors (Lipinski definition) is 3. The van der Waals surface area contributed by atoms with Crippen molar-refractivity contribution in [1.82, 2.24) is 5.32 Å². The molecule has 0 unspecified atom stereocenters. The molecular formula is C16H24N2O3. The van der Waals surface area contributed by atoms with E-state index in [1.807, 2.05) is 0 Å². The van der Waals surface area contributed by atoms with Gasteiger partial charge in [0.2, 0.25) is 0 Å². The monoisotopic (exact) mass is 292 g/mol. The molecule has 5 heteroatoms. The van der Waals surface area contributed by atoms with Crippen molar-refractivity contribution >= 4 is 11.7 Å². The highest BCUT2D eigenvalue weighted by molar-refractivity contribution is 5.89. The number of methoxy groups -OCH3 is 1. The SMILES string of the molecule is COc1ccc(NC(=O)NC2(CO)CCC(C)CC2)cc1. The molecule has 2 rings (SSSR count). The topological polar surface area (TPSA) is 70.6 Å². The van der Waals surface area contributed by atoms with Crippen LogP contribution < -0.4 is 15.4 Å². The van der Waals surface area contributed by atoms with Gasteiger partial charge in [-0.1, -0.05) is 6.92 Å². The van der Waals surface area contributed by atoms with Gasteiger partial charge in [0.1, 0.15) is 5.75 Å². The standard InChI is InChI=1S/C16H24N2O3/c1-12-7-9-16(11-19,10-8-12)18-15(20)17-13-3-5-14(21-2)6-4-13/h3-6,12,19H,7-11H2,1-2H3,(H2,17,18,20). The number of ether oxygens (including phenoxy) is 1. The summed E-state index contributed by atoms with van der Waals surface area (Å²) in [5.74, 6) is 1.41. The zero-order valence-corrected chi connectivity index (χ0v) is 12.7. The zero-order chi connectivity index (χ0) is 15.3. The van der Waals surface area contributed by atoms with Gasteiger partial charge in [0.15, 0.2) is 0 Å². The van der Waals surface area contributed by atoms with Gasteiger partial charge in [-0.3, -0.25) is 0 Å². The fourth-order valence-electron chi connectivity index (χ4n) is 2.71. The third-order valence-corrected chi connectivity index (χ3v) is 4.26. The Morgan fingerprint density at radius 1 is 1.33 bits per heavy atom. The van der Waals surface area contributed by atoms with E-state index in [0.717, 1.165) is 31.4 Å². The van der Waals surface area contributed by atoms with E-state index in [1.165, 1.54) is 0 Å². The van der Waals surface area contributed by atoms with Gasteiger partial charge in [0.05, 0.1) is 19.3 Å². The Hall–Kier alpha value is -1.75. The minimum Gasteiger partial charge on any atom is -0.497 e. The number of hydrogen-bond acceptors (Lipinski definition) is 3. The molecule has 0 radical (unpaired) electrons. The van der Waals surface area contributed by atoms with Crippen LogP contribution in [0.1, 0.15) is 32.6 Å². The van der Waals surface area contributed by atoms with E-state index in [2.05, 4.69) is 17.6 Å². The highest BCUT2D eigenvalue weighted by Gasteiger charge is 2.35. The lowest BCUT2D eigenvalue weighted by Gasteiger charge is -2.38. The first-order chi connectivity index (χ1) is 10.1. The van der Waals surface area contributed by atoms with E-state index in [0.29, 0.717) is 11.6 Å². The highest BCUT2D eigenvalue weighted by Crippen LogP contribution is 2.31. The third-order valence-electron chi connectivity index (χ3n) is 4.26. The maximum atomic E-state index is 12.1. The first kappa shape index (κ1) is 15.6. The van der Waals surface area contributed by atoms with Crippen LogP contribution >= 0.6 is 0 Å². The molecule has 116 valence electrons. The summed E-state index contributed by atoms with van der Waals surface area (Å²) in [6.45, 7) is 2.19. The molecule has 1 fully saturated rings. The van der Waals surface area contributed by atoms with Crippen LogP contribution in [0.5, 0.6) is 5.75 Å². The van der Waals surface area contributed by atoms with E-state index in [-0.39, 0.29) is 12.6 Å². The van der Waals surface area contributed by atoms with Crippen molar-refractivity contribution in [2.24, 2.45) is 5.92 Å². The molecule has 0 heterocycles. The lowest BCUT2D eigenvalue weighted by molar-refractivity contribution is 0.113. The number of carbonyl (C=O) groups is 1. The Labute approximate surface area is 125 Å². The normalized spacial score (nSPS) is 25.2. The van der Waals surface area contributed by atoms with Crippen molar-refractivity contribution in [1.29, 1.82) is 0 Å². The Morgan fingerprint density at radius 3 is 2.48 bits per heavy atom. The van der Waals surface area contributed by atoms with Crippen LogP contribution in [0.4, 0.5) is 10.5 Å². The summed E-state index contributed by atoms with van der Waals surface area (Å²) < 4.78 is 5.08. The smallest absolute Gasteiger partial charge is 0.319 e. The fraction of sp³-hybridized carbons (Fsp3) is 0.562. The number of nitrogens with one attached hydrogen (secondary N) is 2. The molecule has 1 aromatic rings. The quantitative estimate of drug-likeness (QED) is 0.799. The molecular weight excluding hydrogens is 268 g/mol. The van der Waals surface area contributed by atoms with Gasteiger partial charge in [-0.2, -0.15) is 0 Å². The minimum atomic E-state index is -0.483. The summed E-state index contributed by atoms with van der Waals surface area (Å²) in [5.41, 5.74) is 0.217. The first-order valence-electron chi connectivity index (χ1n) is 7.41. The molecule has 5 nitrogen and oxygen atoms in total. The zero-order valence-electron chi connectivity index (χ0n) is 12.7. The molecule has 0 bridgehead atoms. The van der Waals surface area contributed by atoms with Gasteiger partial charge in [-0.15, -0.1) is 0 Å². The molecule has 0 aliphatic heterocycles. The first-order valence-corrected chi connectivity index (χ1v) is 7.41. The molecule has 0 atom stereocenters. The molecule has 1 aliphatic rings. The van der Waals surface area contributed by atoms with Crippen LogP contribution in [0.25, 0.3) is 0 Å². The lowest BCUT2D eigenvalue weighted by atomic mass is 9.77. The Bertz CT molecular complexity index is 465. The van der Waals surface area contributed by atoms with E-state index < -0.39 is 5.54 Å². The Kier molecular flexibility index (Phi) is 5.07. The molecule has 2 amide bonds. The second-order valence-corrected chi connectivity index (χ2v) is 5.93. The molecule has 3 N–H and O–H groups in total. The third kappa shape index (κ3) is 4.11. The molecule has 0 spiro atoms. The summed E-state index contributed by atoms with van der Waals surface area (Å²) in [6, 6.07) is 6.88. The number of benzene rings is 1. The van der Waals surface area contributed by atoms with Crippen molar-refractivity contribution in [3.05, 3.63) is 24.3 Å². The summed E-state index contributed by atoms with van der Waals surface area (Å²) in [7, 11) is 1.60. The van der Waals surface area contributed by atoms with Gasteiger partial charge in [-0.05, 0) is 55.9 Å². The second-order valence-electron chi connectivity index (χ2n) is 5.93. The molecule has 1 saturated carbocycles. The van der Waals surface area contributed by atoms with Gasteiger partial charge >= 0.3 is 6.03 Å². The van der Waals surface area contributed by atoms with Gasteiger partial charge in [-0.25, -0.2) is 4.79 Å². The van der Waals surface area contributed by atoms with Crippen molar-refractivity contribution in [3.63, 3.8) is 0 Å². The molecule has 0 aromatic heterocycles. The van der Waals surface area contributed by atoms with E-state index in [9.17, 15) is 9.90 Å². The van der Waals surface area contributed by atoms with Crippen molar-refractivity contribution in [2.75, 3.05) is 19.0 Å². The van der Waals surface area contributed by atoms with E-state index in [1.54, 1.807) is 31.4 Å². The van der Waals surface area contributed by atoms with Crippen LogP contribution in [-0.2, 0) is 0 Å². The molecule has 21 heavy (non-hydrogen) atoms. The van der Waals surface area contributed by atoms with Gasteiger partial charge < -0.3 is 20.5 Å². The maximum absolute atomic E-state index is 12.1. The maximum Gasteiger partial charge on any atom is 0.319 e. The number of rotatable bonds is 4. The summed E-state index contributed by atoms with van der Waals surface area (Å²) in [5, 5.41) is 15.4. The molecule has 1 aromatic carbocycles. The lowest BCUT2D eigenvalue weighted by Crippen LogP contribution is -2.54. The molecule has 0 saturated heterocycles. The number of aliphatic hydroxyl groups excluding tert-OH is 1. The van der Waals surface area contributed by atoms with Crippen LogP contribution in [0.2, 0.25) is 0 Å². The van der Waals surface area contributed by atoms with E-state index >= 15 is 0 Å². The van der Waals surface area contributed by atoms with Crippen LogP contribution in [0, 0.1) is 5.92 Å². The minimum absolute atomic E-state index is 0.0181. The summed E-state index contributed by atoms with van der Waals surface area (Å²) >= 11 is 0. The van der Waals surface area contributed by atoms with Crippen LogP contribution in [0.15, 0.2) is 24.3 Å². The Balaban J connectivity index is 1.93. The average Bonchev–Trinajstić information content (AvgIpc) is 2.50. The van der Waals surface area contributed by atoms with Crippen molar-refractivity contribution in [2.45, 2.75) is 38.1 Å². The Morgan fingerprint density at radius 2 is 1.95 bits per heavy atom. The van der Waals surface area contributed by atoms with Crippen molar-refractivity contribution in [3.8, 4) is 5.75 Å².